The predicted octanol–water partition coefficient (Wildman–Crippen LogP) is 3.00. The number of piperazine rings is 1. The minimum atomic E-state index is -0.562. The zero-order chi connectivity index (χ0) is 17.9. The van der Waals surface area contributed by atoms with Gasteiger partial charge in [-0.25, -0.2) is 4.39 Å². The van der Waals surface area contributed by atoms with Crippen LogP contribution in [0.2, 0.25) is 0 Å². The molecule has 1 aliphatic heterocycles. The molecule has 1 aromatic carbocycles. The molecule has 0 radical (unpaired) electrons. The average molecular weight is 446 g/mol. The van der Waals surface area contributed by atoms with Gasteiger partial charge < -0.3 is 20.9 Å². The Balaban J connectivity index is 0. The summed E-state index contributed by atoms with van der Waals surface area (Å²) in [5.41, 5.74) is 7.69. The van der Waals surface area contributed by atoms with E-state index in [1.54, 1.807) is 6.07 Å². The molecule has 27 heavy (non-hydrogen) atoms. The van der Waals surface area contributed by atoms with Gasteiger partial charge in [0.2, 0.25) is 5.91 Å². The quantitative estimate of drug-likeness (QED) is 0.731. The first-order valence-corrected chi connectivity index (χ1v) is 8.58. The SMILES string of the molecule is CC(NC(=O)C(N)C(C)C)c1cc(F)ccc1N1CCN(C)CC1.Cl.Cl.Cl. The van der Waals surface area contributed by atoms with E-state index in [-0.39, 0.29) is 60.9 Å². The van der Waals surface area contributed by atoms with E-state index in [0.29, 0.717) is 0 Å². The molecular formula is C18H32Cl3FN4O. The molecule has 5 nitrogen and oxygen atoms in total. The van der Waals surface area contributed by atoms with E-state index in [0.717, 1.165) is 37.4 Å². The van der Waals surface area contributed by atoms with Gasteiger partial charge in [-0.2, -0.15) is 0 Å². The fraction of sp³-hybridized carbons (Fsp3) is 0.611. The lowest BCUT2D eigenvalue weighted by molar-refractivity contribution is -0.123. The Labute approximate surface area is 180 Å². The third-order valence-corrected chi connectivity index (χ3v) is 4.68. The highest BCUT2D eigenvalue weighted by atomic mass is 35.5. The standard InChI is InChI=1S/C18H29FN4O.3ClH/c1-12(2)17(20)18(24)21-13(3)15-11-14(19)5-6-16(15)23-9-7-22(4)8-10-23;;;/h5-6,11-13,17H,7-10,20H2,1-4H3,(H,21,24);3*1H. The number of likely N-dealkylation sites (N-methyl/N-ethyl adjacent to an activating group) is 1. The summed E-state index contributed by atoms with van der Waals surface area (Å²) in [6.45, 7) is 9.41. The highest BCUT2D eigenvalue weighted by Crippen LogP contribution is 2.28. The van der Waals surface area contributed by atoms with Crippen molar-refractivity contribution in [2.24, 2.45) is 11.7 Å². The van der Waals surface area contributed by atoms with E-state index < -0.39 is 6.04 Å². The Morgan fingerprint density at radius 3 is 2.19 bits per heavy atom. The van der Waals surface area contributed by atoms with Crippen LogP contribution in [0.3, 0.4) is 0 Å². The van der Waals surface area contributed by atoms with Gasteiger partial charge in [0.25, 0.3) is 0 Å². The molecule has 0 bridgehead atoms. The molecule has 2 atom stereocenters. The number of rotatable bonds is 5. The molecule has 9 heteroatoms. The molecule has 1 aliphatic rings. The van der Waals surface area contributed by atoms with Gasteiger partial charge in [0.15, 0.2) is 0 Å². The second-order valence-electron chi connectivity index (χ2n) is 6.99. The highest BCUT2D eigenvalue weighted by Gasteiger charge is 2.23. The molecule has 2 rings (SSSR count). The van der Waals surface area contributed by atoms with Crippen molar-refractivity contribution in [3.05, 3.63) is 29.6 Å². The number of anilines is 1. The van der Waals surface area contributed by atoms with Crippen LogP contribution in [0.15, 0.2) is 18.2 Å². The first kappa shape index (κ1) is 28.4. The van der Waals surface area contributed by atoms with Gasteiger partial charge in [-0.3, -0.25) is 4.79 Å². The van der Waals surface area contributed by atoms with Crippen molar-refractivity contribution in [2.45, 2.75) is 32.9 Å². The van der Waals surface area contributed by atoms with Crippen LogP contribution in [-0.4, -0.2) is 50.1 Å². The van der Waals surface area contributed by atoms with Crippen molar-refractivity contribution in [1.29, 1.82) is 0 Å². The number of nitrogens with one attached hydrogen (secondary N) is 1. The largest absolute Gasteiger partial charge is 0.369 e. The van der Waals surface area contributed by atoms with Crippen LogP contribution < -0.4 is 16.0 Å². The number of hydrogen-bond donors (Lipinski definition) is 2. The van der Waals surface area contributed by atoms with Gasteiger partial charge in [0.1, 0.15) is 5.82 Å². The third kappa shape index (κ3) is 7.62. The first-order chi connectivity index (χ1) is 11.3. The molecule has 1 aromatic rings. The normalized spacial score (nSPS) is 16.5. The number of nitrogens with zero attached hydrogens (tertiary/aromatic N) is 2. The zero-order valence-corrected chi connectivity index (χ0v) is 18.7. The first-order valence-electron chi connectivity index (χ1n) is 8.58. The van der Waals surface area contributed by atoms with Crippen LogP contribution in [0, 0.1) is 11.7 Å². The molecule has 1 fully saturated rings. The Morgan fingerprint density at radius 2 is 1.67 bits per heavy atom. The molecule has 0 aliphatic carbocycles. The zero-order valence-electron chi connectivity index (χ0n) is 16.3. The third-order valence-electron chi connectivity index (χ3n) is 4.68. The van der Waals surface area contributed by atoms with Crippen LogP contribution in [0.1, 0.15) is 32.4 Å². The second kappa shape index (κ2) is 12.6. The molecule has 1 saturated heterocycles. The fourth-order valence-electron chi connectivity index (χ4n) is 2.90. The second-order valence-corrected chi connectivity index (χ2v) is 6.99. The summed E-state index contributed by atoms with van der Waals surface area (Å²) in [4.78, 5) is 16.8. The summed E-state index contributed by atoms with van der Waals surface area (Å²) in [6, 6.07) is 3.94. The Bertz CT molecular complexity index is 584. The smallest absolute Gasteiger partial charge is 0.237 e. The molecule has 2 unspecified atom stereocenters. The summed E-state index contributed by atoms with van der Waals surface area (Å²) < 4.78 is 13.8. The number of halogens is 4. The maximum atomic E-state index is 13.8. The fourth-order valence-corrected chi connectivity index (χ4v) is 2.90. The molecule has 0 saturated carbocycles. The van der Waals surface area contributed by atoms with E-state index in [1.807, 2.05) is 20.8 Å². The minimum absolute atomic E-state index is 0. The molecule has 158 valence electrons. The number of nitrogens with two attached hydrogens (primary N) is 1. The highest BCUT2D eigenvalue weighted by molar-refractivity contribution is 5.86. The summed E-state index contributed by atoms with van der Waals surface area (Å²) >= 11 is 0. The van der Waals surface area contributed by atoms with Crippen molar-refractivity contribution in [3.8, 4) is 0 Å². The molecule has 1 heterocycles. The van der Waals surface area contributed by atoms with Crippen molar-refractivity contribution in [2.75, 3.05) is 38.1 Å². The number of amides is 1. The van der Waals surface area contributed by atoms with Crippen LogP contribution >= 0.6 is 37.2 Å². The molecule has 1 amide bonds. The van der Waals surface area contributed by atoms with Crippen LogP contribution in [0.4, 0.5) is 10.1 Å². The van der Waals surface area contributed by atoms with E-state index >= 15 is 0 Å². The maximum absolute atomic E-state index is 13.8. The summed E-state index contributed by atoms with van der Waals surface area (Å²) in [5, 5.41) is 2.93. The summed E-state index contributed by atoms with van der Waals surface area (Å²) in [5.74, 6) is -0.440. The number of carbonyl (C=O) groups is 1. The number of benzene rings is 1. The topological polar surface area (TPSA) is 61.6 Å². The lowest BCUT2D eigenvalue weighted by Gasteiger charge is -2.36. The monoisotopic (exact) mass is 444 g/mol. The molecular weight excluding hydrogens is 414 g/mol. The lowest BCUT2D eigenvalue weighted by atomic mass is 10.0. The lowest BCUT2D eigenvalue weighted by Crippen LogP contribution is -2.46. The van der Waals surface area contributed by atoms with E-state index in [9.17, 15) is 9.18 Å². The van der Waals surface area contributed by atoms with E-state index in [4.69, 9.17) is 5.73 Å². The summed E-state index contributed by atoms with van der Waals surface area (Å²) in [7, 11) is 2.10. The average Bonchev–Trinajstić information content (AvgIpc) is 2.54. The number of hydrogen-bond acceptors (Lipinski definition) is 4. The van der Waals surface area contributed by atoms with Crippen LogP contribution in [0.5, 0.6) is 0 Å². The predicted molar refractivity (Wildman–Crippen MR) is 117 cm³/mol. The molecule has 0 aromatic heterocycles. The molecule has 0 spiro atoms. The van der Waals surface area contributed by atoms with Gasteiger partial charge >= 0.3 is 0 Å². The van der Waals surface area contributed by atoms with Crippen LogP contribution in [-0.2, 0) is 4.79 Å². The van der Waals surface area contributed by atoms with Crippen LogP contribution in [0.25, 0.3) is 0 Å². The van der Waals surface area contributed by atoms with Crippen molar-refractivity contribution >= 4 is 48.8 Å². The maximum Gasteiger partial charge on any atom is 0.237 e. The van der Waals surface area contributed by atoms with E-state index in [1.165, 1.54) is 12.1 Å². The Kier molecular flexibility index (Phi) is 13.3. The van der Waals surface area contributed by atoms with Gasteiger partial charge in [0, 0.05) is 37.4 Å². The van der Waals surface area contributed by atoms with Gasteiger partial charge in [-0.15, -0.1) is 37.2 Å². The van der Waals surface area contributed by atoms with E-state index in [2.05, 4.69) is 22.2 Å². The number of carbonyl (C=O) groups excluding carboxylic acids is 1. The van der Waals surface area contributed by atoms with Crippen molar-refractivity contribution in [3.63, 3.8) is 0 Å². The van der Waals surface area contributed by atoms with Crippen molar-refractivity contribution < 1.29 is 9.18 Å². The Morgan fingerprint density at radius 1 is 1.11 bits per heavy atom. The van der Waals surface area contributed by atoms with Gasteiger partial charge in [-0.05, 0) is 38.1 Å². The van der Waals surface area contributed by atoms with Gasteiger partial charge in [0.05, 0.1) is 12.1 Å². The Hall–Kier alpha value is -0.790. The van der Waals surface area contributed by atoms with Gasteiger partial charge in [-0.1, -0.05) is 13.8 Å². The molecule has 3 N–H and O–H groups in total. The summed E-state index contributed by atoms with van der Waals surface area (Å²) in [6.07, 6.45) is 0. The minimum Gasteiger partial charge on any atom is -0.369 e. The van der Waals surface area contributed by atoms with Crippen molar-refractivity contribution in [1.82, 2.24) is 10.2 Å².